The molecular formula is C18H28BClN2O4. The van der Waals surface area contributed by atoms with Crippen LogP contribution in [0.2, 0.25) is 11.3 Å². The number of carbonyl (C=O) groups excluding carboxylic acids is 2. The van der Waals surface area contributed by atoms with Gasteiger partial charge in [-0.2, -0.15) is 9.59 Å². The van der Waals surface area contributed by atoms with Gasteiger partial charge < -0.3 is 15.8 Å². The summed E-state index contributed by atoms with van der Waals surface area (Å²) in [6, 6.07) is 6.40. The summed E-state index contributed by atoms with van der Waals surface area (Å²) in [6.07, 6.45) is 6.63. The minimum absolute atomic E-state index is 0.220. The number of benzene rings is 1. The van der Waals surface area contributed by atoms with Crippen molar-refractivity contribution < 1.29 is 19.6 Å². The van der Waals surface area contributed by atoms with E-state index in [1.807, 2.05) is 12.1 Å². The fourth-order valence-electron chi connectivity index (χ4n) is 3.27. The summed E-state index contributed by atoms with van der Waals surface area (Å²) in [6.45, 7) is 3.13. The van der Waals surface area contributed by atoms with Crippen molar-refractivity contribution in [2.75, 3.05) is 13.1 Å². The summed E-state index contributed by atoms with van der Waals surface area (Å²) in [5, 5.41) is 18.5. The van der Waals surface area contributed by atoms with Gasteiger partial charge in [-0.25, -0.2) is 0 Å². The van der Waals surface area contributed by atoms with E-state index < -0.39 is 7.12 Å². The van der Waals surface area contributed by atoms with Crippen molar-refractivity contribution >= 4 is 24.9 Å². The molecule has 0 amide bonds. The molecule has 0 fully saturated rings. The Balaban J connectivity index is 0.00000105. The molecule has 8 heteroatoms. The van der Waals surface area contributed by atoms with E-state index in [4.69, 9.17) is 37.0 Å². The van der Waals surface area contributed by atoms with Gasteiger partial charge in [0.05, 0.1) is 0 Å². The second-order valence-corrected chi connectivity index (χ2v) is 7.06. The van der Waals surface area contributed by atoms with Crippen molar-refractivity contribution in [3.05, 3.63) is 34.3 Å². The molecule has 6 nitrogen and oxygen atoms in total. The predicted octanol–water partition coefficient (Wildman–Crippen LogP) is 1.87. The Bertz CT molecular complexity index is 568. The van der Waals surface area contributed by atoms with Crippen LogP contribution in [0, 0.1) is 0 Å². The maximum atomic E-state index is 8.80. The number of unbranched alkanes of at least 4 members (excludes halogenated alkanes) is 1. The molecule has 4 N–H and O–H groups in total. The highest BCUT2D eigenvalue weighted by Crippen LogP contribution is 2.26. The topological polar surface area (TPSA) is 104 Å². The average molecular weight is 383 g/mol. The molecule has 1 atom stereocenters. The molecule has 144 valence electrons. The van der Waals surface area contributed by atoms with Crippen molar-refractivity contribution in [2.45, 2.75) is 57.4 Å². The molecule has 0 spiro atoms. The van der Waals surface area contributed by atoms with Gasteiger partial charge in [0.2, 0.25) is 0 Å². The number of halogens is 1. The molecule has 1 aromatic rings. The van der Waals surface area contributed by atoms with E-state index in [-0.39, 0.29) is 12.2 Å². The molecule has 26 heavy (non-hydrogen) atoms. The van der Waals surface area contributed by atoms with Crippen LogP contribution in [-0.2, 0) is 22.6 Å². The molecule has 0 bridgehead atoms. The minimum atomic E-state index is -1.18. The summed E-state index contributed by atoms with van der Waals surface area (Å²) in [5.41, 5.74) is 8.81. The lowest BCUT2D eigenvalue weighted by molar-refractivity contribution is -0.191. The first-order chi connectivity index (χ1) is 12.5. The van der Waals surface area contributed by atoms with Gasteiger partial charge in [0.1, 0.15) is 0 Å². The fourth-order valence-corrected chi connectivity index (χ4v) is 3.56. The zero-order valence-corrected chi connectivity index (χ0v) is 15.8. The third-order valence-electron chi connectivity index (χ3n) is 4.62. The maximum absolute atomic E-state index is 8.80. The van der Waals surface area contributed by atoms with Crippen LogP contribution in [0.5, 0.6) is 0 Å². The van der Waals surface area contributed by atoms with Crippen molar-refractivity contribution in [1.82, 2.24) is 4.90 Å². The molecule has 0 saturated carbocycles. The summed E-state index contributed by atoms with van der Waals surface area (Å²) >= 11 is 6.25. The third-order valence-corrected chi connectivity index (χ3v) is 4.98. The second kappa shape index (κ2) is 13.0. The first-order valence-corrected chi connectivity index (χ1v) is 9.45. The molecule has 0 radical (unpaired) electrons. The Morgan fingerprint density at radius 2 is 1.92 bits per heavy atom. The number of hydrogen-bond donors (Lipinski definition) is 3. The van der Waals surface area contributed by atoms with Crippen molar-refractivity contribution in [3.8, 4) is 0 Å². The predicted molar refractivity (Wildman–Crippen MR) is 101 cm³/mol. The van der Waals surface area contributed by atoms with Crippen LogP contribution in [0.25, 0.3) is 0 Å². The first kappa shape index (κ1) is 22.8. The number of hydrogen-bond acceptors (Lipinski definition) is 6. The van der Waals surface area contributed by atoms with E-state index in [2.05, 4.69) is 11.0 Å². The quantitative estimate of drug-likeness (QED) is 0.445. The van der Waals surface area contributed by atoms with Crippen LogP contribution in [0.15, 0.2) is 18.2 Å². The molecule has 1 unspecified atom stereocenters. The van der Waals surface area contributed by atoms with Crippen LogP contribution in [0.3, 0.4) is 0 Å². The SMILES string of the molecule is NC(CCCCB(O)O)CCCN1CCc2c(Cl)cccc2C1.O=C=O. The molecule has 1 aliphatic heterocycles. The van der Waals surface area contributed by atoms with Crippen LogP contribution in [0.4, 0.5) is 0 Å². The van der Waals surface area contributed by atoms with Gasteiger partial charge in [0.25, 0.3) is 0 Å². The molecule has 0 aliphatic carbocycles. The van der Waals surface area contributed by atoms with E-state index in [0.29, 0.717) is 6.32 Å². The van der Waals surface area contributed by atoms with Crippen LogP contribution in [-0.4, -0.2) is 47.3 Å². The van der Waals surface area contributed by atoms with Crippen molar-refractivity contribution in [2.24, 2.45) is 5.73 Å². The average Bonchev–Trinajstić information content (AvgIpc) is 2.59. The van der Waals surface area contributed by atoms with E-state index >= 15 is 0 Å². The molecular weight excluding hydrogens is 354 g/mol. The molecule has 2 rings (SSSR count). The Labute approximate surface area is 160 Å². The monoisotopic (exact) mass is 382 g/mol. The Morgan fingerprint density at radius 3 is 2.62 bits per heavy atom. The van der Waals surface area contributed by atoms with Gasteiger partial charge in [-0.1, -0.05) is 36.6 Å². The van der Waals surface area contributed by atoms with Gasteiger partial charge in [0.15, 0.2) is 0 Å². The van der Waals surface area contributed by atoms with Crippen LogP contribution in [0.1, 0.15) is 43.2 Å². The second-order valence-electron chi connectivity index (χ2n) is 6.65. The standard InChI is InChI=1S/C17H28BClN2O2.CO2/c19-17-8-3-5-14-13-21(12-9-16(14)17)11-4-7-15(20)6-1-2-10-18(22)23;2-1-3/h3,5,8,15,22-23H,1-2,4,6-7,9-13,20H2;. The maximum Gasteiger partial charge on any atom is 0.451 e. The number of fused-ring (bicyclic) bond motifs is 1. The van der Waals surface area contributed by atoms with Gasteiger partial charge in [0, 0.05) is 24.2 Å². The first-order valence-electron chi connectivity index (χ1n) is 9.07. The zero-order valence-electron chi connectivity index (χ0n) is 15.1. The minimum Gasteiger partial charge on any atom is -0.427 e. The number of nitrogens with two attached hydrogens (primary N) is 1. The highest BCUT2D eigenvalue weighted by atomic mass is 35.5. The Hall–Kier alpha value is -1.21. The summed E-state index contributed by atoms with van der Waals surface area (Å²) < 4.78 is 0. The summed E-state index contributed by atoms with van der Waals surface area (Å²) in [7, 11) is -1.18. The van der Waals surface area contributed by atoms with Gasteiger partial charge in [-0.3, -0.25) is 4.90 Å². The fraction of sp³-hybridized carbons (Fsp3) is 0.611. The number of nitrogens with zero attached hydrogens (tertiary/aromatic N) is 1. The molecule has 0 aromatic heterocycles. The lowest BCUT2D eigenvalue weighted by atomic mass is 9.83. The van der Waals surface area contributed by atoms with Crippen molar-refractivity contribution in [3.63, 3.8) is 0 Å². The van der Waals surface area contributed by atoms with Gasteiger partial charge in [-0.05, 0) is 55.7 Å². The van der Waals surface area contributed by atoms with Gasteiger partial charge in [-0.15, -0.1) is 0 Å². The Kier molecular flexibility index (Phi) is 11.5. The smallest absolute Gasteiger partial charge is 0.427 e. The lowest BCUT2D eigenvalue weighted by Gasteiger charge is -2.29. The molecule has 1 aromatic carbocycles. The van der Waals surface area contributed by atoms with E-state index in [9.17, 15) is 0 Å². The highest BCUT2D eigenvalue weighted by molar-refractivity contribution is 6.40. The summed E-state index contributed by atoms with van der Waals surface area (Å²) in [5.74, 6) is 0. The van der Waals surface area contributed by atoms with E-state index in [1.165, 1.54) is 11.1 Å². The highest BCUT2D eigenvalue weighted by Gasteiger charge is 2.17. The summed E-state index contributed by atoms with van der Waals surface area (Å²) in [4.78, 5) is 18.7. The lowest BCUT2D eigenvalue weighted by Crippen LogP contribution is -2.32. The van der Waals surface area contributed by atoms with Crippen LogP contribution >= 0.6 is 11.6 Å². The van der Waals surface area contributed by atoms with E-state index in [0.717, 1.165) is 63.2 Å². The third kappa shape index (κ3) is 8.94. The molecule has 1 aliphatic rings. The number of rotatable bonds is 9. The normalized spacial score (nSPS) is 14.6. The largest absolute Gasteiger partial charge is 0.451 e. The Morgan fingerprint density at radius 1 is 1.23 bits per heavy atom. The van der Waals surface area contributed by atoms with Crippen molar-refractivity contribution in [1.29, 1.82) is 0 Å². The molecule has 1 heterocycles. The van der Waals surface area contributed by atoms with E-state index in [1.54, 1.807) is 0 Å². The van der Waals surface area contributed by atoms with Gasteiger partial charge >= 0.3 is 13.3 Å². The molecule has 0 saturated heterocycles. The van der Waals surface area contributed by atoms with Crippen LogP contribution < -0.4 is 5.73 Å². The zero-order chi connectivity index (χ0) is 19.4.